The van der Waals surface area contributed by atoms with E-state index >= 15 is 0 Å². The zero-order chi connectivity index (χ0) is 14.3. The molecule has 0 bridgehead atoms. The lowest BCUT2D eigenvalue weighted by Gasteiger charge is -2.11. The van der Waals surface area contributed by atoms with E-state index in [-0.39, 0.29) is 12.1 Å². The molecule has 6 heteroatoms. The molecular formula is C13H19BrN2O3. The fourth-order valence-corrected chi connectivity index (χ4v) is 1.88. The van der Waals surface area contributed by atoms with Gasteiger partial charge in [0.1, 0.15) is 5.75 Å². The molecule has 1 rings (SSSR count). The summed E-state index contributed by atoms with van der Waals surface area (Å²) in [6.45, 7) is 2.34. The first-order chi connectivity index (χ1) is 9.06. The number of rotatable bonds is 6. The Bertz CT molecular complexity index is 426. The van der Waals surface area contributed by atoms with Gasteiger partial charge in [-0.3, -0.25) is 0 Å². The zero-order valence-electron chi connectivity index (χ0n) is 11.1. The van der Waals surface area contributed by atoms with Gasteiger partial charge >= 0.3 is 6.03 Å². The first-order valence-electron chi connectivity index (χ1n) is 6.13. The van der Waals surface area contributed by atoms with Gasteiger partial charge in [0.05, 0.1) is 17.7 Å². The number of aliphatic hydroxyl groups is 1. The van der Waals surface area contributed by atoms with Crippen LogP contribution in [-0.4, -0.2) is 30.9 Å². The van der Waals surface area contributed by atoms with Gasteiger partial charge in [0.2, 0.25) is 0 Å². The maximum absolute atomic E-state index is 11.6. The summed E-state index contributed by atoms with van der Waals surface area (Å²) in [6.07, 6.45) is 0.869. The number of benzene rings is 1. The molecule has 0 heterocycles. The van der Waals surface area contributed by atoms with Crippen LogP contribution < -0.4 is 15.4 Å². The molecule has 0 saturated carbocycles. The van der Waals surface area contributed by atoms with E-state index in [4.69, 9.17) is 4.74 Å². The molecule has 0 fully saturated rings. The van der Waals surface area contributed by atoms with Crippen LogP contribution in [0.25, 0.3) is 0 Å². The number of urea groups is 1. The van der Waals surface area contributed by atoms with Crippen molar-refractivity contribution in [2.24, 2.45) is 0 Å². The Morgan fingerprint density at radius 2 is 2.26 bits per heavy atom. The minimum absolute atomic E-state index is 0.298. The number of ether oxygens (including phenoxy) is 1. The quantitative estimate of drug-likeness (QED) is 0.751. The van der Waals surface area contributed by atoms with Crippen LogP contribution in [0.15, 0.2) is 22.7 Å². The van der Waals surface area contributed by atoms with E-state index in [0.29, 0.717) is 30.8 Å². The molecule has 19 heavy (non-hydrogen) atoms. The van der Waals surface area contributed by atoms with Gasteiger partial charge in [-0.15, -0.1) is 0 Å². The molecule has 0 saturated heterocycles. The number of amides is 2. The lowest BCUT2D eigenvalue weighted by Crippen LogP contribution is -2.31. The van der Waals surface area contributed by atoms with Crippen LogP contribution >= 0.6 is 15.9 Å². The van der Waals surface area contributed by atoms with E-state index in [1.165, 1.54) is 0 Å². The van der Waals surface area contributed by atoms with E-state index < -0.39 is 0 Å². The van der Waals surface area contributed by atoms with Gasteiger partial charge in [-0.2, -0.15) is 0 Å². The molecule has 1 unspecified atom stereocenters. The molecule has 5 nitrogen and oxygen atoms in total. The monoisotopic (exact) mass is 330 g/mol. The number of methoxy groups -OCH3 is 1. The summed E-state index contributed by atoms with van der Waals surface area (Å²) in [6, 6.07) is 5.00. The smallest absolute Gasteiger partial charge is 0.319 e. The van der Waals surface area contributed by atoms with Crippen LogP contribution in [0.3, 0.4) is 0 Å². The third-order valence-electron chi connectivity index (χ3n) is 2.64. The molecule has 1 atom stereocenters. The van der Waals surface area contributed by atoms with Crippen molar-refractivity contribution in [2.75, 3.05) is 19.0 Å². The second-order valence-corrected chi connectivity index (χ2v) is 4.94. The van der Waals surface area contributed by atoms with Crippen LogP contribution in [0, 0.1) is 0 Å². The van der Waals surface area contributed by atoms with Crippen molar-refractivity contribution in [3.8, 4) is 5.75 Å². The number of nitrogens with one attached hydrogen (secondary N) is 2. The number of halogens is 1. The number of carbonyl (C=O) groups is 1. The van der Waals surface area contributed by atoms with Crippen molar-refractivity contribution < 1.29 is 14.6 Å². The highest BCUT2D eigenvalue weighted by molar-refractivity contribution is 9.10. The Hall–Kier alpha value is -1.27. The predicted octanol–water partition coefficient (Wildman–Crippen LogP) is 2.74. The number of hydrogen-bond acceptors (Lipinski definition) is 3. The Kier molecular flexibility index (Phi) is 6.66. The zero-order valence-corrected chi connectivity index (χ0v) is 12.7. The molecule has 106 valence electrons. The third-order valence-corrected chi connectivity index (χ3v) is 3.30. The summed E-state index contributed by atoms with van der Waals surface area (Å²) < 4.78 is 5.97. The Labute approximate surface area is 121 Å². The number of carbonyl (C=O) groups excluding carboxylic acids is 1. The van der Waals surface area contributed by atoms with Crippen molar-refractivity contribution >= 4 is 27.6 Å². The molecule has 0 aliphatic heterocycles. The maximum atomic E-state index is 11.6. The Balaban J connectivity index is 2.44. The Morgan fingerprint density at radius 1 is 1.53 bits per heavy atom. The molecule has 0 aromatic heterocycles. The minimum Gasteiger partial charge on any atom is -0.495 e. The van der Waals surface area contributed by atoms with Crippen LogP contribution in [0.2, 0.25) is 0 Å². The van der Waals surface area contributed by atoms with E-state index in [1.807, 2.05) is 6.92 Å². The fraction of sp³-hybridized carbons (Fsp3) is 0.462. The van der Waals surface area contributed by atoms with Crippen molar-refractivity contribution in [3.63, 3.8) is 0 Å². The largest absolute Gasteiger partial charge is 0.495 e. The molecule has 3 N–H and O–H groups in total. The summed E-state index contributed by atoms with van der Waals surface area (Å²) >= 11 is 3.34. The second kappa shape index (κ2) is 8.01. The molecule has 0 aliphatic rings. The predicted molar refractivity (Wildman–Crippen MR) is 78.6 cm³/mol. The molecule has 0 radical (unpaired) electrons. The van der Waals surface area contributed by atoms with Gasteiger partial charge in [0.15, 0.2) is 0 Å². The van der Waals surface area contributed by atoms with Crippen LogP contribution in [0.4, 0.5) is 10.5 Å². The lowest BCUT2D eigenvalue weighted by atomic mass is 10.2. The summed E-state index contributed by atoms with van der Waals surface area (Å²) in [5.74, 6) is 0.652. The summed E-state index contributed by atoms with van der Waals surface area (Å²) in [4.78, 5) is 11.6. The van der Waals surface area contributed by atoms with Crippen LogP contribution in [0.1, 0.15) is 19.8 Å². The standard InChI is InChI=1S/C13H19BrN2O3/c1-3-10(17)6-7-15-13(18)16-9-4-5-11(14)12(8-9)19-2/h4-5,8,10,17H,3,6-7H2,1-2H3,(H2,15,16,18). The first kappa shape index (κ1) is 15.8. The molecule has 1 aromatic carbocycles. The van der Waals surface area contributed by atoms with Crippen molar-refractivity contribution in [2.45, 2.75) is 25.9 Å². The molecular weight excluding hydrogens is 312 g/mol. The number of hydrogen-bond donors (Lipinski definition) is 3. The minimum atomic E-state index is -0.368. The van der Waals surface area contributed by atoms with Crippen molar-refractivity contribution in [3.05, 3.63) is 22.7 Å². The van der Waals surface area contributed by atoms with Gasteiger partial charge in [-0.05, 0) is 40.9 Å². The average molecular weight is 331 g/mol. The summed E-state index contributed by atoms with van der Waals surface area (Å²) in [5, 5.41) is 14.8. The maximum Gasteiger partial charge on any atom is 0.319 e. The third kappa shape index (κ3) is 5.48. The lowest BCUT2D eigenvalue weighted by molar-refractivity contribution is 0.160. The highest BCUT2D eigenvalue weighted by atomic mass is 79.9. The number of anilines is 1. The average Bonchev–Trinajstić information content (AvgIpc) is 2.40. The van der Waals surface area contributed by atoms with Crippen LogP contribution in [-0.2, 0) is 0 Å². The van der Waals surface area contributed by atoms with Gasteiger partial charge in [0, 0.05) is 18.3 Å². The Morgan fingerprint density at radius 3 is 2.89 bits per heavy atom. The van der Waals surface area contributed by atoms with E-state index in [9.17, 15) is 9.90 Å². The summed E-state index contributed by atoms with van der Waals surface area (Å²) in [5.41, 5.74) is 0.647. The van der Waals surface area contributed by atoms with Gasteiger partial charge < -0.3 is 20.5 Å². The van der Waals surface area contributed by atoms with E-state index in [1.54, 1.807) is 25.3 Å². The van der Waals surface area contributed by atoms with Gasteiger partial charge in [-0.25, -0.2) is 4.79 Å². The van der Waals surface area contributed by atoms with Gasteiger partial charge in [0.25, 0.3) is 0 Å². The normalized spacial score (nSPS) is 11.8. The van der Waals surface area contributed by atoms with Crippen molar-refractivity contribution in [1.82, 2.24) is 5.32 Å². The molecule has 2 amide bonds. The summed E-state index contributed by atoms with van der Waals surface area (Å²) in [7, 11) is 1.57. The van der Waals surface area contributed by atoms with E-state index in [2.05, 4.69) is 26.6 Å². The fourth-order valence-electron chi connectivity index (χ4n) is 1.47. The number of aliphatic hydroxyl groups excluding tert-OH is 1. The SMILES string of the molecule is CCC(O)CCNC(=O)Nc1ccc(Br)c(OC)c1. The highest BCUT2D eigenvalue weighted by Crippen LogP contribution is 2.27. The molecule has 0 spiro atoms. The van der Waals surface area contributed by atoms with Crippen molar-refractivity contribution in [1.29, 1.82) is 0 Å². The van der Waals surface area contributed by atoms with Gasteiger partial charge in [-0.1, -0.05) is 6.92 Å². The molecule has 0 aliphatic carbocycles. The van der Waals surface area contributed by atoms with Crippen LogP contribution in [0.5, 0.6) is 5.75 Å². The topological polar surface area (TPSA) is 70.6 Å². The highest BCUT2D eigenvalue weighted by Gasteiger charge is 2.06. The first-order valence-corrected chi connectivity index (χ1v) is 6.92. The van der Waals surface area contributed by atoms with E-state index in [0.717, 1.165) is 4.47 Å². The second-order valence-electron chi connectivity index (χ2n) is 4.08. The molecule has 1 aromatic rings.